The number of hydrogen-bond acceptors (Lipinski definition) is 3. The lowest BCUT2D eigenvalue weighted by atomic mass is 9.95. The Morgan fingerprint density at radius 1 is 1.28 bits per heavy atom. The molecule has 25 heavy (non-hydrogen) atoms. The molecule has 0 radical (unpaired) electrons. The SMILES string of the molecule is CN=C(NCc1sc(C)nc1C)NCC1(c2ccccc2F)CC1.I. The van der Waals surface area contributed by atoms with Gasteiger partial charge in [-0.2, -0.15) is 0 Å². The molecule has 1 fully saturated rings. The van der Waals surface area contributed by atoms with Crippen molar-refractivity contribution < 1.29 is 4.39 Å². The van der Waals surface area contributed by atoms with Crippen molar-refractivity contribution in [2.45, 2.75) is 38.6 Å². The Kier molecular flexibility index (Phi) is 6.79. The highest BCUT2D eigenvalue weighted by atomic mass is 127. The van der Waals surface area contributed by atoms with Crippen LogP contribution in [0.1, 0.15) is 34.0 Å². The van der Waals surface area contributed by atoms with Gasteiger partial charge in [-0.3, -0.25) is 4.99 Å². The van der Waals surface area contributed by atoms with E-state index in [2.05, 4.69) is 20.6 Å². The number of halogens is 2. The number of aliphatic imine (C=N–C) groups is 1. The van der Waals surface area contributed by atoms with Gasteiger partial charge in [0.1, 0.15) is 5.82 Å². The average Bonchev–Trinajstić information content (AvgIpc) is 3.27. The minimum Gasteiger partial charge on any atom is -0.356 e. The van der Waals surface area contributed by atoms with E-state index in [1.54, 1.807) is 24.5 Å². The van der Waals surface area contributed by atoms with E-state index in [-0.39, 0.29) is 35.2 Å². The lowest BCUT2D eigenvalue weighted by Gasteiger charge is -2.19. The zero-order chi connectivity index (χ0) is 17.2. The molecule has 0 saturated heterocycles. The third-order valence-electron chi connectivity index (χ3n) is 4.53. The van der Waals surface area contributed by atoms with Crippen LogP contribution in [0.25, 0.3) is 0 Å². The van der Waals surface area contributed by atoms with Gasteiger partial charge < -0.3 is 10.6 Å². The highest BCUT2D eigenvalue weighted by Gasteiger charge is 2.45. The van der Waals surface area contributed by atoms with Crippen LogP contribution in [0, 0.1) is 19.7 Å². The Labute approximate surface area is 169 Å². The lowest BCUT2D eigenvalue weighted by molar-refractivity contribution is 0.559. The highest BCUT2D eigenvalue weighted by Crippen LogP contribution is 2.48. The normalized spacial score (nSPS) is 15.4. The Hall–Kier alpha value is -1.22. The Morgan fingerprint density at radius 2 is 2.00 bits per heavy atom. The van der Waals surface area contributed by atoms with Crippen molar-refractivity contribution in [1.82, 2.24) is 15.6 Å². The Balaban J connectivity index is 0.00000225. The molecular weight excluding hydrogens is 450 g/mol. The predicted molar refractivity (Wildman–Crippen MR) is 113 cm³/mol. The van der Waals surface area contributed by atoms with Crippen LogP contribution in [0.5, 0.6) is 0 Å². The number of benzene rings is 1. The molecule has 1 aliphatic carbocycles. The van der Waals surface area contributed by atoms with E-state index in [0.717, 1.165) is 35.1 Å². The van der Waals surface area contributed by atoms with E-state index in [1.807, 2.05) is 26.0 Å². The summed E-state index contributed by atoms with van der Waals surface area (Å²) in [5.74, 6) is 0.624. The number of aryl methyl sites for hydroxylation is 2. The molecule has 136 valence electrons. The van der Waals surface area contributed by atoms with Gasteiger partial charge in [-0.25, -0.2) is 9.37 Å². The highest BCUT2D eigenvalue weighted by molar-refractivity contribution is 14.0. The second-order valence-electron chi connectivity index (χ2n) is 6.28. The summed E-state index contributed by atoms with van der Waals surface area (Å²) in [5, 5.41) is 7.75. The summed E-state index contributed by atoms with van der Waals surface area (Å²) in [6, 6.07) is 7.07. The first-order valence-corrected chi connectivity index (χ1v) is 8.98. The van der Waals surface area contributed by atoms with Gasteiger partial charge in [0.15, 0.2) is 5.96 Å². The van der Waals surface area contributed by atoms with E-state index in [1.165, 1.54) is 10.9 Å². The van der Waals surface area contributed by atoms with Gasteiger partial charge in [0.25, 0.3) is 0 Å². The number of nitrogens with one attached hydrogen (secondary N) is 2. The number of rotatable bonds is 5. The maximum Gasteiger partial charge on any atom is 0.191 e. The zero-order valence-corrected chi connectivity index (χ0v) is 17.9. The molecule has 2 N–H and O–H groups in total. The van der Waals surface area contributed by atoms with E-state index in [9.17, 15) is 4.39 Å². The summed E-state index contributed by atoms with van der Waals surface area (Å²) in [6.45, 7) is 5.42. The van der Waals surface area contributed by atoms with Gasteiger partial charge in [0, 0.05) is 23.9 Å². The zero-order valence-electron chi connectivity index (χ0n) is 14.7. The van der Waals surface area contributed by atoms with Gasteiger partial charge in [-0.05, 0) is 38.3 Å². The number of aromatic nitrogens is 1. The Morgan fingerprint density at radius 3 is 2.56 bits per heavy atom. The van der Waals surface area contributed by atoms with Gasteiger partial charge in [0.2, 0.25) is 0 Å². The van der Waals surface area contributed by atoms with Crippen LogP contribution >= 0.6 is 35.3 Å². The number of thiazole rings is 1. The molecule has 2 aromatic rings. The van der Waals surface area contributed by atoms with Crippen LogP contribution in [-0.4, -0.2) is 24.5 Å². The van der Waals surface area contributed by atoms with Crippen LogP contribution in [0.3, 0.4) is 0 Å². The molecule has 1 heterocycles. The molecule has 0 bridgehead atoms. The third kappa shape index (κ3) is 4.69. The predicted octanol–water partition coefficient (Wildman–Crippen LogP) is 3.91. The summed E-state index contributed by atoms with van der Waals surface area (Å²) in [4.78, 5) is 9.92. The molecule has 4 nitrogen and oxygen atoms in total. The number of guanidine groups is 1. The summed E-state index contributed by atoms with van der Waals surface area (Å²) in [7, 11) is 1.75. The lowest BCUT2D eigenvalue weighted by Crippen LogP contribution is -2.41. The largest absolute Gasteiger partial charge is 0.356 e. The van der Waals surface area contributed by atoms with E-state index in [4.69, 9.17) is 0 Å². The van der Waals surface area contributed by atoms with Crippen LogP contribution < -0.4 is 10.6 Å². The number of hydrogen-bond donors (Lipinski definition) is 2. The van der Waals surface area contributed by atoms with Crippen LogP contribution in [0.15, 0.2) is 29.3 Å². The summed E-state index contributed by atoms with van der Waals surface area (Å²) < 4.78 is 14.1. The standard InChI is InChI=1S/C18H23FN4S.HI/c1-12-16(24-13(2)23-12)10-21-17(20-3)22-11-18(8-9-18)14-6-4-5-7-15(14)19;/h4-7H,8-11H2,1-3H3,(H2,20,21,22);1H. The fraction of sp³-hybridized carbons (Fsp3) is 0.444. The maximum absolute atomic E-state index is 14.1. The Bertz CT molecular complexity index is 755. The molecule has 0 amide bonds. The minimum absolute atomic E-state index is 0. The molecule has 7 heteroatoms. The minimum atomic E-state index is -0.115. The molecule has 0 aliphatic heterocycles. The molecule has 1 saturated carbocycles. The fourth-order valence-electron chi connectivity index (χ4n) is 2.96. The van der Waals surface area contributed by atoms with Gasteiger partial charge in [-0.15, -0.1) is 35.3 Å². The van der Waals surface area contributed by atoms with Crippen LogP contribution in [-0.2, 0) is 12.0 Å². The topological polar surface area (TPSA) is 49.3 Å². The van der Waals surface area contributed by atoms with Gasteiger partial charge >= 0.3 is 0 Å². The molecule has 1 aromatic carbocycles. The number of nitrogens with zero attached hydrogens (tertiary/aromatic N) is 2. The van der Waals surface area contributed by atoms with Crippen LogP contribution in [0.2, 0.25) is 0 Å². The van der Waals surface area contributed by atoms with Crippen molar-refractivity contribution in [2.24, 2.45) is 4.99 Å². The monoisotopic (exact) mass is 474 g/mol. The molecular formula is C18H24FIN4S. The van der Waals surface area contributed by atoms with Crippen molar-refractivity contribution >= 4 is 41.3 Å². The maximum atomic E-state index is 14.1. The second kappa shape index (κ2) is 8.44. The van der Waals surface area contributed by atoms with Gasteiger partial charge in [0.05, 0.1) is 17.2 Å². The van der Waals surface area contributed by atoms with E-state index in [0.29, 0.717) is 13.1 Å². The summed E-state index contributed by atoms with van der Waals surface area (Å²) in [6.07, 6.45) is 2.01. The van der Waals surface area contributed by atoms with Crippen molar-refractivity contribution in [2.75, 3.05) is 13.6 Å². The first-order valence-electron chi connectivity index (χ1n) is 8.16. The van der Waals surface area contributed by atoms with E-state index < -0.39 is 0 Å². The summed E-state index contributed by atoms with van der Waals surface area (Å²) >= 11 is 1.70. The second-order valence-corrected chi connectivity index (χ2v) is 7.57. The average molecular weight is 474 g/mol. The van der Waals surface area contributed by atoms with Crippen molar-refractivity contribution in [3.8, 4) is 0 Å². The molecule has 1 aliphatic rings. The van der Waals surface area contributed by atoms with Crippen molar-refractivity contribution in [3.63, 3.8) is 0 Å². The summed E-state index contributed by atoms with van der Waals surface area (Å²) in [5.41, 5.74) is 1.77. The molecule has 0 unspecified atom stereocenters. The fourth-order valence-corrected chi connectivity index (χ4v) is 3.84. The first kappa shape index (κ1) is 20.1. The molecule has 0 spiro atoms. The van der Waals surface area contributed by atoms with Crippen LogP contribution in [0.4, 0.5) is 4.39 Å². The molecule has 3 rings (SSSR count). The third-order valence-corrected chi connectivity index (χ3v) is 5.61. The van der Waals surface area contributed by atoms with Gasteiger partial charge in [-0.1, -0.05) is 18.2 Å². The first-order chi connectivity index (χ1) is 11.5. The smallest absolute Gasteiger partial charge is 0.191 e. The van der Waals surface area contributed by atoms with Crippen molar-refractivity contribution in [1.29, 1.82) is 0 Å². The molecule has 0 atom stereocenters. The molecule has 1 aromatic heterocycles. The van der Waals surface area contributed by atoms with Crippen molar-refractivity contribution in [3.05, 3.63) is 51.2 Å². The van der Waals surface area contributed by atoms with E-state index >= 15 is 0 Å². The quantitative estimate of drug-likeness (QED) is 0.393.